The van der Waals surface area contributed by atoms with Crippen LogP contribution in [0.15, 0.2) is 24.3 Å². The van der Waals surface area contributed by atoms with Crippen LogP contribution < -0.4 is 0 Å². The molecule has 0 aromatic heterocycles. The Hall–Kier alpha value is -2.79. The molecule has 1 aromatic carbocycles. The lowest BCUT2D eigenvalue weighted by Crippen LogP contribution is -2.52. The molecule has 126 valence electrons. The monoisotopic (exact) mass is 332 g/mol. The Labute approximate surface area is 137 Å². The van der Waals surface area contributed by atoms with Crippen LogP contribution in [0.5, 0.6) is 0 Å². The van der Waals surface area contributed by atoms with Gasteiger partial charge in [-0.25, -0.2) is 0 Å². The molecule has 24 heavy (non-hydrogen) atoms. The molecule has 0 bridgehead atoms. The third-order valence-electron chi connectivity index (χ3n) is 4.56. The molecule has 0 aliphatic heterocycles. The number of aliphatic hydroxyl groups is 1. The molecule has 1 fully saturated rings. The highest BCUT2D eigenvalue weighted by atomic mass is 16.6. The summed E-state index contributed by atoms with van der Waals surface area (Å²) < 4.78 is 4.72. The predicted octanol–water partition coefficient (Wildman–Crippen LogP) is 1.33. The van der Waals surface area contributed by atoms with Crippen LogP contribution in [0.3, 0.4) is 0 Å². The van der Waals surface area contributed by atoms with E-state index in [1.807, 2.05) is 6.07 Å². The van der Waals surface area contributed by atoms with Gasteiger partial charge in [0.1, 0.15) is 6.29 Å². The average molecular weight is 332 g/mol. The van der Waals surface area contributed by atoms with E-state index in [9.17, 15) is 30.1 Å². The number of carbonyl (C=O) groups is 2. The van der Waals surface area contributed by atoms with Crippen LogP contribution in [-0.4, -0.2) is 35.5 Å². The minimum atomic E-state index is -1.94. The number of benzene rings is 1. The Balaban J connectivity index is 2.61. The quantitative estimate of drug-likeness (QED) is 0.381. The van der Waals surface area contributed by atoms with Crippen molar-refractivity contribution in [1.82, 2.24) is 0 Å². The highest BCUT2D eigenvalue weighted by Gasteiger charge is 2.58. The highest BCUT2D eigenvalue weighted by Crippen LogP contribution is 2.50. The summed E-state index contributed by atoms with van der Waals surface area (Å²) in [5, 5.41) is 30.8. The maximum Gasteiger partial charge on any atom is 0.329 e. The van der Waals surface area contributed by atoms with Gasteiger partial charge in [0, 0.05) is 24.0 Å². The van der Waals surface area contributed by atoms with Gasteiger partial charge in [0.25, 0.3) is 5.69 Å². The molecule has 4 atom stereocenters. The number of aliphatic hydroxyl groups excluding tert-OH is 1. The predicted molar refractivity (Wildman–Crippen MR) is 80.7 cm³/mol. The van der Waals surface area contributed by atoms with E-state index < -0.39 is 34.2 Å². The number of aldehydes is 1. The van der Waals surface area contributed by atoms with E-state index in [4.69, 9.17) is 4.74 Å². The zero-order chi connectivity index (χ0) is 17.9. The first-order valence-electron chi connectivity index (χ1n) is 7.29. The average Bonchev–Trinajstić information content (AvgIpc) is 2.61. The summed E-state index contributed by atoms with van der Waals surface area (Å²) in [6, 6.07) is 7.11. The van der Waals surface area contributed by atoms with Gasteiger partial charge in [-0.2, -0.15) is 5.26 Å². The largest absolute Gasteiger partial charge is 0.468 e. The maximum atomic E-state index is 12.3. The van der Waals surface area contributed by atoms with Crippen molar-refractivity contribution < 1.29 is 24.4 Å². The van der Waals surface area contributed by atoms with E-state index in [0.29, 0.717) is 18.3 Å². The number of rotatable bonds is 4. The van der Waals surface area contributed by atoms with Gasteiger partial charge in [-0.05, 0) is 18.4 Å². The van der Waals surface area contributed by atoms with Gasteiger partial charge >= 0.3 is 5.97 Å². The van der Waals surface area contributed by atoms with Crippen molar-refractivity contribution in [2.45, 2.75) is 24.9 Å². The summed E-state index contributed by atoms with van der Waals surface area (Å²) in [5.41, 5.74) is -1.70. The third-order valence-corrected chi connectivity index (χ3v) is 4.56. The third kappa shape index (κ3) is 2.63. The zero-order valence-corrected chi connectivity index (χ0v) is 12.9. The second-order valence-electron chi connectivity index (χ2n) is 5.69. The van der Waals surface area contributed by atoms with Gasteiger partial charge in [0.15, 0.2) is 5.41 Å². The van der Waals surface area contributed by atoms with Gasteiger partial charge in [0.2, 0.25) is 0 Å². The molecule has 0 amide bonds. The van der Waals surface area contributed by atoms with Crippen molar-refractivity contribution in [3.8, 4) is 6.07 Å². The molecule has 0 unspecified atom stereocenters. The van der Waals surface area contributed by atoms with E-state index in [1.54, 1.807) is 0 Å². The lowest BCUT2D eigenvalue weighted by Gasteiger charge is -2.43. The van der Waals surface area contributed by atoms with Gasteiger partial charge in [-0.15, -0.1) is 0 Å². The van der Waals surface area contributed by atoms with E-state index in [0.717, 1.165) is 7.11 Å². The Morgan fingerprint density at radius 2 is 2.08 bits per heavy atom. The normalized spacial score (nSPS) is 29.3. The topological polar surface area (TPSA) is 131 Å². The van der Waals surface area contributed by atoms with Crippen LogP contribution in [0, 0.1) is 32.8 Å². The molecule has 8 heteroatoms. The lowest BCUT2D eigenvalue weighted by atomic mass is 9.58. The fourth-order valence-corrected chi connectivity index (χ4v) is 3.37. The van der Waals surface area contributed by atoms with Crippen molar-refractivity contribution in [2.24, 2.45) is 11.3 Å². The van der Waals surface area contributed by atoms with E-state index in [1.165, 1.54) is 24.3 Å². The molecule has 2 rings (SSSR count). The van der Waals surface area contributed by atoms with Crippen LogP contribution in [-0.2, 0) is 14.3 Å². The number of hydrogen-bond acceptors (Lipinski definition) is 7. The minimum Gasteiger partial charge on any atom is -0.468 e. The van der Waals surface area contributed by atoms with Gasteiger partial charge in [0.05, 0.1) is 24.2 Å². The van der Waals surface area contributed by atoms with E-state index >= 15 is 0 Å². The molecule has 1 aromatic rings. The molecule has 0 saturated heterocycles. The molecule has 0 heterocycles. The maximum absolute atomic E-state index is 12.3. The molecule has 1 aliphatic carbocycles. The van der Waals surface area contributed by atoms with Gasteiger partial charge < -0.3 is 14.6 Å². The minimum absolute atomic E-state index is 0.107. The summed E-state index contributed by atoms with van der Waals surface area (Å²) >= 11 is 0. The number of nitrogens with zero attached hydrogens (tertiary/aromatic N) is 2. The molecule has 1 N–H and O–H groups in total. The molecule has 0 spiro atoms. The first-order valence-corrected chi connectivity index (χ1v) is 7.29. The molecule has 0 radical (unpaired) electrons. The van der Waals surface area contributed by atoms with E-state index in [2.05, 4.69) is 0 Å². The number of hydrogen-bond donors (Lipinski definition) is 1. The Morgan fingerprint density at radius 1 is 1.46 bits per heavy atom. The fourth-order valence-electron chi connectivity index (χ4n) is 3.37. The number of non-ortho nitro benzene ring substituents is 1. The van der Waals surface area contributed by atoms with Gasteiger partial charge in [-0.1, -0.05) is 12.1 Å². The highest BCUT2D eigenvalue weighted by molar-refractivity contribution is 5.83. The number of nitriles is 1. The number of ether oxygens (including phenoxy) is 1. The number of nitro benzene ring substituents is 1. The van der Waals surface area contributed by atoms with Crippen molar-refractivity contribution in [1.29, 1.82) is 5.26 Å². The molecular formula is C16H16N2O6. The van der Waals surface area contributed by atoms with Crippen LogP contribution in [0.2, 0.25) is 0 Å². The smallest absolute Gasteiger partial charge is 0.329 e. The molecule has 1 saturated carbocycles. The Kier molecular flexibility index (Phi) is 4.95. The molecule has 1 aliphatic rings. The Bertz CT molecular complexity index is 696. The first-order chi connectivity index (χ1) is 11.4. The second-order valence-corrected chi connectivity index (χ2v) is 5.69. The first kappa shape index (κ1) is 17.6. The summed E-state index contributed by atoms with van der Waals surface area (Å²) in [4.78, 5) is 34.0. The Morgan fingerprint density at radius 3 is 2.54 bits per heavy atom. The van der Waals surface area contributed by atoms with Crippen molar-refractivity contribution >= 4 is 17.9 Å². The van der Waals surface area contributed by atoms with E-state index in [-0.39, 0.29) is 12.1 Å². The van der Waals surface area contributed by atoms with Crippen molar-refractivity contribution in [3.63, 3.8) is 0 Å². The van der Waals surface area contributed by atoms with Crippen LogP contribution in [0.25, 0.3) is 0 Å². The summed E-state index contributed by atoms with van der Waals surface area (Å²) in [5.74, 6) is -2.56. The summed E-state index contributed by atoms with van der Waals surface area (Å²) in [7, 11) is 1.10. The second kappa shape index (κ2) is 6.76. The standard InChI is InChI=1S/C16H16N2O6/c1-24-15(21)16(9-17)13(20)7-4-11(8-19)14(16)10-2-5-12(6-3-10)18(22)23/h2-3,5-6,8,11,13-14,20H,4,7H2,1H3/t11-,13+,14-,16-/m0/s1. The number of carbonyl (C=O) groups excluding carboxylic acids is 2. The number of esters is 1. The molecular weight excluding hydrogens is 316 g/mol. The van der Waals surface area contributed by atoms with Crippen LogP contribution >= 0.6 is 0 Å². The molecule has 8 nitrogen and oxygen atoms in total. The SMILES string of the molecule is COC(=O)[C@@]1(C#N)[C@H](O)CC[C@@H](C=O)[C@@H]1c1ccc([N+](=O)[O-])cc1. The summed E-state index contributed by atoms with van der Waals surface area (Å²) in [6.07, 6.45) is -0.249. The number of nitro groups is 1. The van der Waals surface area contributed by atoms with Gasteiger partial charge in [-0.3, -0.25) is 14.9 Å². The number of methoxy groups -OCH3 is 1. The van der Waals surface area contributed by atoms with Crippen molar-refractivity contribution in [2.75, 3.05) is 7.11 Å². The lowest BCUT2D eigenvalue weighted by molar-refractivity contribution is -0.384. The van der Waals surface area contributed by atoms with Crippen LogP contribution in [0.1, 0.15) is 24.3 Å². The van der Waals surface area contributed by atoms with Crippen LogP contribution in [0.4, 0.5) is 5.69 Å². The zero-order valence-electron chi connectivity index (χ0n) is 12.9. The fraction of sp³-hybridized carbons (Fsp3) is 0.438. The van der Waals surface area contributed by atoms with Crippen molar-refractivity contribution in [3.05, 3.63) is 39.9 Å². The summed E-state index contributed by atoms with van der Waals surface area (Å²) in [6.45, 7) is 0.